The summed E-state index contributed by atoms with van der Waals surface area (Å²) in [5.74, 6) is 0. The molecule has 0 atom stereocenters. The van der Waals surface area contributed by atoms with Crippen LogP contribution >= 0.6 is 0 Å². The topological polar surface area (TPSA) is 21.7 Å². The number of rotatable bonds is 2. The van der Waals surface area contributed by atoms with Gasteiger partial charge in [0.05, 0.1) is 0 Å². The molecule has 1 aromatic carbocycles. The molecule has 1 heterocycles. The van der Waals surface area contributed by atoms with Crippen LogP contribution in [-0.2, 0) is 9.31 Å². The fourth-order valence-electron chi connectivity index (χ4n) is 1.83. The monoisotopic (exact) mass is 233 g/mol. The van der Waals surface area contributed by atoms with Gasteiger partial charge in [-0.1, -0.05) is 26.0 Å². The molecule has 0 saturated carbocycles. The van der Waals surface area contributed by atoms with Gasteiger partial charge in [0.2, 0.25) is 0 Å². The Morgan fingerprint density at radius 2 is 1.82 bits per heavy atom. The van der Waals surface area contributed by atoms with Crippen LogP contribution in [0.1, 0.15) is 13.8 Å². The molecule has 1 aromatic rings. The van der Waals surface area contributed by atoms with Crippen molar-refractivity contribution >= 4 is 18.3 Å². The van der Waals surface area contributed by atoms with E-state index < -0.39 is 0 Å². The summed E-state index contributed by atoms with van der Waals surface area (Å²) < 4.78 is 11.5. The van der Waals surface area contributed by atoms with Gasteiger partial charge in [0.15, 0.2) is 0 Å². The third-order valence-electron chi connectivity index (χ3n) is 2.91. The van der Waals surface area contributed by atoms with Crippen LogP contribution in [0.25, 0.3) is 0 Å². The third-order valence-corrected chi connectivity index (χ3v) is 2.91. The van der Waals surface area contributed by atoms with Gasteiger partial charge in [-0.3, -0.25) is 0 Å². The Kier molecular flexibility index (Phi) is 3.45. The maximum atomic E-state index is 5.77. The molecule has 2 rings (SSSR count). The van der Waals surface area contributed by atoms with E-state index in [9.17, 15) is 0 Å². The molecule has 0 bridgehead atoms. The molecule has 0 spiro atoms. The van der Waals surface area contributed by atoms with Crippen molar-refractivity contribution < 1.29 is 9.31 Å². The van der Waals surface area contributed by atoms with Gasteiger partial charge >= 0.3 is 7.12 Å². The second kappa shape index (κ2) is 4.71. The van der Waals surface area contributed by atoms with Gasteiger partial charge in [-0.25, -0.2) is 0 Å². The van der Waals surface area contributed by atoms with Crippen LogP contribution in [0.15, 0.2) is 24.3 Å². The van der Waals surface area contributed by atoms with E-state index in [-0.39, 0.29) is 12.5 Å². The Morgan fingerprint density at radius 3 is 2.41 bits per heavy atom. The molecule has 1 aliphatic heterocycles. The summed E-state index contributed by atoms with van der Waals surface area (Å²) in [6.07, 6.45) is 0. The van der Waals surface area contributed by atoms with Crippen molar-refractivity contribution in [1.29, 1.82) is 0 Å². The first-order chi connectivity index (χ1) is 7.98. The molecule has 3 nitrogen and oxygen atoms in total. The molecule has 0 N–H and O–H groups in total. The Hall–Kier alpha value is -0.995. The fraction of sp³-hybridized carbons (Fsp3) is 0.538. The Bertz CT molecular complexity index is 383. The van der Waals surface area contributed by atoms with Crippen molar-refractivity contribution in [3.63, 3.8) is 0 Å². The Labute approximate surface area is 104 Å². The molecule has 1 fully saturated rings. The van der Waals surface area contributed by atoms with E-state index in [1.54, 1.807) is 0 Å². The average molecular weight is 233 g/mol. The van der Waals surface area contributed by atoms with Gasteiger partial charge in [0, 0.05) is 38.4 Å². The average Bonchev–Trinajstić information content (AvgIpc) is 2.29. The summed E-state index contributed by atoms with van der Waals surface area (Å²) in [5, 5.41) is 0. The zero-order chi connectivity index (χ0) is 12.5. The number of anilines is 1. The molecule has 4 heteroatoms. The molecule has 0 unspecified atom stereocenters. The van der Waals surface area contributed by atoms with Crippen molar-refractivity contribution in [2.45, 2.75) is 13.8 Å². The lowest BCUT2D eigenvalue weighted by Gasteiger charge is -2.33. The minimum absolute atomic E-state index is 0.121. The van der Waals surface area contributed by atoms with E-state index in [4.69, 9.17) is 9.31 Å². The molecule has 0 aromatic heterocycles. The Balaban J connectivity index is 2.10. The van der Waals surface area contributed by atoms with Crippen LogP contribution in [0.5, 0.6) is 0 Å². The van der Waals surface area contributed by atoms with E-state index in [1.807, 2.05) is 20.2 Å². The van der Waals surface area contributed by atoms with Crippen molar-refractivity contribution in [2.75, 3.05) is 32.2 Å². The van der Waals surface area contributed by atoms with Crippen LogP contribution in [0.4, 0.5) is 5.69 Å². The van der Waals surface area contributed by atoms with Crippen LogP contribution in [0, 0.1) is 5.41 Å². The van der Waals surface area contributed by atoms with E-state index in [0.717, 1.165) is 18.7 Å². The van der Waals surface area contributed by atoms with Gasteiger partial charge in [-0.15, -0.1) is 0 Å². The molecule has 17 heavy (non-hydrogen) atoms. The normalized spacial score (nSPS) is 19.2. The zero-order valence-corrected chi connectivity index (χ0v) is 11.1. The van der Waals surface area contributed by atoms with E-state index >= 15 is 0 Å². The first kappa shape index (κ1) is 12.5. The van der Waals surface area contributed by atoms with Gasteiger partial charge in [-0.2, -0.15) is 0 Å². The zero-order valence-electron chi connectivity index (χ0n) is 11.1. The molecule has 0 aliphatic carbocycles. The highest BCUT2D eigenvalue weighted by Crippen LogP contribution is 2.21. The standard InChI is InChI=1S/C13H20BNO2/c1-13(2)9-16-14(17-10-13)11-6-5-7-12(8-11)15(3)4/h5-8H,9-10H2,1-4H3. The maximum absolute atomic E-state index is 5.77. The molecule has 0 radical (unpaired) electrons. The van der Waals surface area contributed by atoms with E-state index in [2.05, 4.69) is 36.9 Å². The summed E-state index contributed by atoms with van der Waals surface area (Å²) in [4.78, 5) is 2.08. The van der Waals surface area contributed by atoms with Crippen molar-refractivity contribution in [1.82, 2.24) is 0 Å². The molecular weight excluding hydrogens is 213 g/mol. The quantitative estimate of drug-likeness (QED) is 0.723. The highest BCUT2D eigenvalue weighted by molar-refractivity contribution is 6.61. The molecular formula is C13H20BNO2. The van der Waals surface area contributed by atoms with Crippen LogP contribution in [0.2, 0.25) is 0 Å². The first-order valence-corrected chi connectivity index (χ1v) is 5.98. The second-order valence-corrected chi connectivity index (χ2v) is 5.61. The predicted molar refractivity (Wildman–Crippen MR) is 71.8 cm³/mol. The van der Waals surface area contributed by atoms with Crippen LogP contribution < -0.4 is 10.4 Å². The minimum atomic E-state index is -0.220. The number of benzene rings is 1. The highest BCUT2D eigenvalue weighted by atomic mass is 16.6. The second-order valence-electron chi connectivity index (χ2n) is 5.61. The van der Waals surface area contributed by atoms with Crippen LogP contribution in [-0.4, -0.2) is 34.4 Å². The maximum Gasteiger partial charge on any atom is 0.493 e. The minimum Gasteiger partial charge on any atom is -0.407 e. The van der Waals surface area contributed by atoms with Crippen molar-refractivity contribution in [2.24, 2.45) is 5.41 Å². The van der Waals surface area contributed by atoms with Gasteiger partial charge in [0.25, 0.3) is 0 Å². The fourth-order valence-corrected chi connectivity index (χ4v) is 1.83. The first-order valence-electron chi connectivity index (χ1n) is 5.98. The summed E-state index contributed by atoms with van der Waals surface area (Å²) in [6.45, 7) is 5.78. The Morgan fingerprint density at radius 1 is 1.18 bits per heavy atom. The summed E-state index contributed by atoms with van der Waals surface area (Å²) in [5.41, 5.74) is 2.38. The largest absolute Gasteiger partial charge is 0.493 e. The van der Waals surface area contributed by atoms with Crippen molar-refractivity contribution in [3.8, 4) is 0 Å². The molecule has 92 valence electrons. The van der Waals surface area contributed by atoms with Gasteiger partial charge in [-0.05, 0) is 17.6 Å². The smallest absolute Gasteiger partial charge is 0.407 e. The lowest BCUT2D eigenvalue weighted by atomic mass is 9.76. The lowest BCUT2D eigenvalue weighted by Crippen LogP contribution is -2.47. The van der Waals surface area contributed by atoms with Crippen molar-refractivity contribution in [3.05, 3.63) is 24.3 Å². The van der Waals surface area contributed by atoms with Gasteiger partial charge in [0.1, 0.15) is 0 Å². The molecule has 1 saturated heterocycles. The molecule has 0 amide bonds. The van der Waals surface area contributed by atoms with E-state index in [1.165, 1.54) is 5.69 Å². The van der Waals surface area contributed by atoms with Gasteiger partial charge < -0.3 is 14.2 Å². The predicted octanol–water partition coefficient (Wildman–Crippen LogP) is 1.52. The number of hydrogen-bond acceptors (Lipinski definition) is 3. The number of hydrogen-bond donors (Lipinski definition) is 0. The summed E-state index contributed by atoms with van der Waals surface area (Å²) >= 11 is 0. The lowest BCUT2D eigenvalue weighted by molar-refractivity contribution is 0.0343. The van der Waals surface area contributed by atoms with E-state index in [0.29, 0.717) is 0 Å². The third kappa shape index (κ3) is 3.02. The number of nitrogens with zero attached hydrogens (tertiary/aromatic N) is 1. The summed E-state index contributed by atoms with van der Waals surface area (Å²) in [6, 6.07) is 8.28. The highest BCUT2D eigenvalue weighted by Gasteiger charge is 2.33. The molecule has 1 aliphatic rings. The SMILES string of the molecule is CN(C)c1cccc(B2OCC(C)(C)CO2)c1. The van der Waals surface area contributed by atoms with Crippen LogP contribution in [0.3, 0.4) is 0 Å². The summed E-state index contributed by atoms with van der Waals surface area (Å²) in [7, 11) is 3.85.